The van der Waals surface area contributed by atoms with Gasteiger partial charge >= 0.3 is 0 Å². The average Bonchev–Trinajstić information content (AvgIpc) is 3.10. The third-order valence-corrected chi connectivity index (χ3v) is 3.67. The first-order valence-corrected chi connectivity index (χ1v) is 7.06. The fourth-order valence-corrected chi connectivity index (χ4v) is 2.47. The van der Waals surface area contributed by atoms with Crippen LogP contribution in [0, 0.1) is 11.3 Å². The van der Waals surface area contributed by atoms with Crippen LogP contribution >= 0.6 is 0 Å². The Hall–Kier alpha value is -2.88. The number of hydrogen-bond acceptors (Lipinski definition) is 6. The number of carbonyl (C=O) groups is 1. The van der Waals surface area contributed by atoms with Crippen LogP contribution in [0.4, 0.5) is 5.82 Å². The lowest BCUT2D eigenvalue weighted by molar-refractivity contribution is 0.0717. The molecule has 1 amide bonds. The van der Waals surface area contributed by atoms with Gasteiger partial charge in [-0.05, 0) is 18.9 Å². The van der Waals surface area contributed by atoms with Crippen molar-refractivity contribution < 1.29 is 9.21 Å². The van der Waals surface area contributed by atoms with Crippen LogP contribution in [-0.2, 0) is 0 Å². The van der Waals surface area contributed by atoms with Crippen LogP contribution in [0.25, 0.3) is 0 Å². The van der Waals surface area contributed by atoms with Gasteiger partial charge < -0.3 is 14.6 Å². The second-order valence-electron chi connectivity index (χ2n) is 5.12. The molecule has 2 aromatic heterocycles. The van der Waals surface area contributed by atoms with Gasteiger partial charge in [0.1, 0.15) is 18.2 Å². The highest BCUT2D eigenvalue weighted by atomic mass is 16.3. The van der Waals surface area contributed by atoms with Gasteiger partial charge in [0.25, 0.3) is 5.91 Å². The molecular formula is C15H15N5O2. The standard InChI is InChI=1S/C15H15N5O2/c16-7-13-8-18-14(9-17-13)19-12-1-4-20(5-2-12)15(21)11-3-6-22-10-11/h3,6,8-10,12H,1-2,4-5H2,(H,18,19). The maximum absolute atomic E-state index is 12.2. The Balaban J connectivity index is 1.53. The number of hydrogen-bond donors (Lipinski definition) is 1. The minimum atomic E-state index is 0.00497. The molecule has 112 valence electrons. The highest BCUT2D eigenvalue weighted by molar-refractivity contribution is 5.93. The van der Waals surface area contributed by atoms with E-state index in [0.717, 1.165) is 12.8 Å². The number of rotatable bonds is 3. The quantitative estimate of drug-likeness (QED) is 0.925. The summed E-state index contributed by atoms with van der Waals surface area (Å²) in [6.45, 7) is 1.37. The molecule has 22 heavy (non-hydrogen) atoms. The molecule has 1 fully saturated rings. The second kappa shape index (κ2) is 6.26. The molecule has 0 unspecified atom stereocenters. The van der Waals surface area contributed by atoms with Crippen LogP contribution < -0.4 is 5.32 Å². The SMILES string of the molecule is N#Cc1cnc(NC2CCN(C(=O)c3ccoc3)CC2)cn1. The van der Waals surface area contributed by atoms with E-state index in [1.807, 2.05) is 11.0 Å². The Kier molecular flexibility index (Phi) is 4.01. The molecule has 1 N–H and O–H groups in total. The first-order chi connectivity index (χ1) is 10.8. The van der Waals surface area contributed by atoms with E-state index in [-0.39, 0.29) is 11.9 Å². The van der Waals surface area contributed by atoms with Gasteiger partial charge in [0.05, 0.1) is 24.2 Å². The number of carbonyl (C=O) groups excluding carboxylic acids is 1. The van der Waals surface area contributed by atoms with E-state index >= 15 is 0 Å². The predicted octanol–water partition coefficient (Wildman–Crippen LogP) is 1.66. The molecule has 0 aromatic carbocycles. The van der Waals surface area contributed by atoms with Gasteiger partial charge in [0.2, 0.25) is 0 Å². The number of furan rings is 1. The second-order valence-corrected chi connectivity index (χ2v) is 5.12. The van der Waals surface area contributed by atoms with Gasteiger partial charge in [-0.15, -0.1) is 0 Å². The van der Waals surface area contributed by atoms with Crippen molar-refractivity contribution >= 4 is 11.7 Å². The zero-order valence-electron chi connectivity index (χ0n) is 11.9. The lowest BCUT2D eigenvalue weighted by atomic mass is 10.0. The van der Waals surface area contributed by atoms with Crippen molar-refractivity contribution in [2.75, 3.05) is 18.4 Å². The summed E-state index contributed by atoms with van der Waals surface area (Å²) >= 11 is 0. The fraction of sp³-hybridized carbons (Fsp3) is 0.333. The fourth-order valence-electron chi connectivity index (χ4n) is 2.47. The van der Waals surface area contributed by atoms with Crippen molar-refractivity contribution in [2.24, 2.45) is 0 Å². The molecule has 0 aliphatic carbocycles. The number of anilines is 1. The number of piperidine rings is 1. The van der Waals surface area contributed by atoms with E-state index in [1.165, 1.54) is 18.7 Å². The lowest BCUT2D eigenvalue weighted by Gasteiger charge is -2.32. The van der Waals surface area contributed by atoms with E-state index < -0.39 is 0 Å². The molecule has 2 aromatic rings. The summed E-state index contributed by atoms with van der Waals surface area (Å²) in [6.07, 6.45) is 7.65. The van der Waals surface area contributed by atoms with Crippen molar-refractivity contribution in [3.8, 4) is 6.07 Å². The zero-order chi connectivity index (χ0) is 15.4. The number of aromatic nitrogens is 2. The molecule has 1 saturated heterocycles. The summed E-state index contributed by atoms with van der Waals surface area (Å²) in [6, 6.07) is 3.86. The predicted molar refractivity (Wildman–Crippen MR) is 78.0 cm³/mol. The molecule has 0 radical (unpaired) electrons. The molecule has 1 aliphatic heterocycles. The van der Waals surface area contributed by atoms with Crippen LogP contribution in [0.15, 0.2) is 35.4 Å². The van der Waals surface area contributed by atoms with Gasteiger partial charge in [-0.3, -0.25) is 4.79 Å². The van der Waals surface area contributed by atoms with Crippen molar-refractivity contribution in [3.05, 3.63) is 42.2 Å². The molecule has 0 bridgehead atoms. The third-order valence-electron chi connectivity index (χ3n) is 3.67. The largest absolute Gasteiger partial charge is 0.472 e. The number of likely N-dealkylation sites (tertiary alicyclic amines) is 1. The van der Waals surface area contributed by atoms with Crippen LogP contribution in [0.3, 0.4) is 0 Å². The highest BCUT2D eigenvalue weighted by Crippen LogP contribution is 2.17. The minimum Gasteiger partial charge on any atom is -0.472 e. The van der Waals surface area contributed by atoms with Gasteiger partial charge in [0, 0.05) is 19.1 Å². The molecule has 1 aliphatic rings. The summed E-state index contributed by atoms with van der Waals surface area (Å²) in [7, 11) is 0. The molecular weight excluding hydrogens is 282 g/mol. The van der Waals surface area contributed by atoms with Gasteiger partial charge in [-0.25, -0.2) is 9.97 Å². The maximum atomic E-state index is 12.2. The topological polar surface area (TPSA) is 95.1 Å². The van der Waals surface area contributed by atoms with E-state index in [0.29, 0.717) is 30.2 Å². The van der Waals surface area contributed by atoms with E-state index in [1.54, 1.807) is 12.3 Å². The summed E-state index contributed by atoms with van der Waals surface area (Å²) < 4.78 is 4.95. The van der Waals surface area contributed by atoms with Gasteiger partial charge in [-0.2, -0.15) is 5.26 Å². The summed E-state index contributed by atoms with van der Waals surface area (Å²) in [5, 5.41) is 12.0. The zero-order valence-corrected chi connectivity index (χ0v) is 11.9. The molecule has 0 spiro atoms. The molecule has 0 saturated carbocycles. The Morgan fingerprint density at radius 2 is 2.18 bits per heavy atom. The minimum absolute atomic E-state index is 0.00497. The van der Waals surface area contributed by atoms with Crippen LogP contribution in [0.2, 0.25) is 0 Å². The number of nitrogens with one attached hydrogen (secondary N) is 1. The van der Waals surface area contributed by atoms with E-state index in [4.69, 9.17) is 9.68 Å². The lowest BCUT2D eigenvalue weighted by Crippen LogP contribution is -2.42. The van der Waals surface area contributed by atoms with E-state index in [2.05, 4.69) is 15.3 Å². The first-order valence-electron chi connectivity index (χ1n) is 7.06. The monoisotopic (exact) mass is 297 g/mol. The van der Waals surface area contributed by atoms with Crippen molar-refractivity contribution in [3.63, 3.8) is 0 Å². The van der Waals surface area contributed by atoms with Gasteiger partial charge in [-0.1, -0.05) is 0 Å². The molecule has 7 nitrogen and oxygen atoms in total. The number of amides is 1. The molecule has 3 heterocycles. The van der Waals surface area contributed by atoms with E-state index in [9.17, 15) is 4.79 Å². The van der Waals surface area contributed by atoms with Crippen LogP contribution in [-0.4, -0.2) is 39.9 Å². The van der Waals surface area contributed by atoms with Gasteiger partial charge in [0.15, 0.2) is 5.69 Å². The Bertz CT molecular complexity index is 667. The smallest absolute Gasteiger partial charge is 0.257 e. The number of nitrogens with zero attached hydrogens (tertiary/aromatic N) is 4. The normalized spacial score (nSPS) is 15.3. The van der Waals surface area contributed by atoms with Crippen molar-refractivity contribution in [1.82, 2.24) is 14.9 Å². The summed E-state index contributed by atoms with van der Waals surface area (Å²) in [5.41, 5.74) is 0.885. The average molecular weight is 297 g/mol. The van der Waals surface area contributed by atoms with Crippen molar-refractivity contribution in [1.29, 1.82) is 5.26 Å². The number of nitriles is 1. The molecule has 0 atom stereocenters. The maximum Gasteiger partial charge on any atom is 0.257 e. The van der Waals surface area contributed by atoms with Crippen LogP contribution in [0.5, 0.6) is 0 Å². The summed E-state index contributed by atoms with van der Waals surface area (Å²) in [5.74, 6) is 0.656. The Morgan fingerprint density at radius 1 is 1.36 bits per heavy atom. The Labute approximate surface area is 127 Å². The molecule has 3 rings (SSSR count). The third kappa shape index (κ3) is 3.06. The highest BCUT2D eigenvalue weighted by Gasteiger charge is 2.24. The first kappa shape index (κ1) is 14.1. The summed E-state index contributed by atoms with van der Waals surface area (Å²) in [4.78, 5) is 22.1. The van der Waals surface area contributed by atoms with Crippen LogP contribution in [0.1, 0.15) is 28.9 Å². The molecule has 7 heteroatoms. The Morgan fingerprint density at radius 3 is 2.77 bits per heavy atom. The van der Waals surface area contributed by atoms with Crippen molar-refractivity contribution in [2.45, 2.75) is 18.9 Å².